The van der Waals surface area contributed by atoms with E-state index in [1.54, 1.807) is 0 Å². The molecule has 0 N–H and O–H groups in total. The second-order valence-corrected chi connectivity index (χ2v) is 7.17. The van der Waals surface area contributed by atoms with E-state index in [0.717, 1.165) is 25.7 Å². The van der Waals surface area contributed by atoms with E-state index < -0.39 is 0 Å². The van der Waals surface area contributed by atoms with E-state index in [0.29, 0.717) is 11.6 Å². The molecule has 0 bridgehead atoms. The van der Waals surface area contributed by atoms with Crippen molar-refractivity contribution in [2.45, 2.75) is 53.4 Å². The Kier molecular flexibility index (Phi) is 3.23. The van der Waals surface area contributed by atoms with Gasteiger partial charge in [0.15, 0.2) is 0 Å². The normalized spacial score (nSPS) is 38.0. The monoisotopic (exact) mass is 272 g/mol. The highest BCUT2D eigenvalue weighted by Gasteiger charge is 2.51. The van der Waals surface area contributed by atoms with Crippen molar-refractivity contribution >= 4 is 11.6 Å². The smallest absolute Gasteiger partial charge is 0.141 e. The van der Waals surface area contributed by atoms with Crippen LogP contribution in [0.2, 0.25) is 0 Å². The molecule has 3 aliphatic carbocycles. The lowest BCUT2D eigenvalue weighted by atomic mass is 9.57. The lowest BCUT2D eigenvalue weighted by Crippen LogP contribution is -2.50. The van der Waals surface area contributed by atoms with Crippen molar-refractivity contribution < 1.29 is 9.59 Å². The van der Waals surface area contributed by atoms with Crippen LogP contribution >= 0.6 is 0 Å². The number of Topliss-reactive ketones (excluding diaryl/α,β-unsaturated/α-hetero) is 2. The predicted molar refractivity (Wildman–Crippen MR) is 79.2 cm³/mol. The van der Waals surface area contributed by atoms with Gasteiger partial charge in [0.25, 0.3) is 0 Å². The van der Waals surface area contributed by atoms with Crippen LogP contribution < -0.4 is 0 Å². The van der Waals surface area contributed by atoms with Gasteiger partial charge in [-0.05, 0) is 53.4 Å². The van der Waals surface area contributed by atoms with E-state index >= 15 is 0 Å². The first-order valence-electron chi connectivity index (χ1n) is 7.78. The van der Waals surface area contributed by atoms with E-state index in [-0.39, 0.29) is 23.7 Å². The maximum absolute atomic E-state index is 12.8. The average Bonchev–Trinajstić information content (AvgIpc) is 2.41. The zero-order chi connectivity index (χ0) is 14.6. The highest BCUT2D eigenvalue weighted by molar-refractivity contribution is 6.00. The Hall–Kier alpha value is -1.18. The van der Waals surface area contributed by atoms with Crippen molar-refractivity contribution in [2.75, 3.05) is 0 Å². The minimum Gasteiger partial charge on any atom is -0.299 e. The lowest BCUT2D eigenvalue weighted by Gasteiger charge is -2.44. The first-order chi connectivity index (χ1) is 9.40. The van der Waals surface area contributed by atoms with Crippen molar-refractivity contribution in [1.82, 2.24) is 0 Å². The van der Waals surface area contributed by atoms with Crippen molar-refractivity contribution in [3.63, 3.8) is 0 Å². The molecule has 3 rings (SSSR count). The molecule has 0 aliphatic heterocycles. The predicted octanol–water partition coefficient (Wildman–Crippen LogP) is 3.86. The second kappa shape index (κ2) is 4.68. The summed E-state index contributed by atoms with van der Waals surface area (Å²) < 4.78 is 0. The Morgan fingerprint density at radius 3 is 0.950 bits per heavy atom. The average molecular weight is 272 g/mol. The van der Waals surface area contributed by atoms with Crippen LogP contribution in [0.4, 0.5) is 0 Å². The third-order valence-electron chi connectivity index (χ3n) is 5.99. The van der Waals surface area contributed by atoms with Gasteiger partial charge in [0.2, 0.25) is 0 Å². The Bertz CT molecular complexity index is 456. The molecule has 108 valence electrons. The summed E-state index contributed by atoms with van der Waals surface area (Å²) in [6.07, 6.45) is 3.25. The number of carbonyl (C=O) groups excluding carboxylic acids is 2. The molecule has 0 aromatic heterocycles. The molecule has 0 amide bonds. The van der Waals surface area contributed by atoms with E-state index in [2.05, 4.69) is 27.7 Å². The maximum Gasteiger partial charge on any atom is 0.141 e. The van der Waals surface area contributed by atoms with Crippen LogP contribution in [0.25, 0.3) is 0 Å². The number of carbonyl (C=O) groups is 2. The highest BCUT2D eigenvalue weighted by atomic mass is 16.1. The first-order valence-corrected chi connectivity index (χ1v) is 7.78. The number of ketones is 2. The summed E-state index contributed by atoms with van der Waals surface area (Å²) in [5.74, 6) is 0.631. The van der Waals surface area contributed by atoms with Crippen LogP contribution in [0.5, 0.6) is 0 Å². The molecule has 1 fully saturated rings. The molecule has 0 aromatic rings. The molecule has 3 aliphatic rings. The minimum atomic E-state index is -0.0290. The summed E-state index contributed by atoms with van der Waals surface area (Å²) >= 11 is 0. The third kappa shape index (κ3) is 1.92. The van der Waals surface area contributed by atoms with Crippen LogP contribution in [-0.4, -0.2) is 11.6 Å². The topological polar surface area (TPSA) is 34.1 Å². The molecule has 0 heterocycles. The van der Waals surface area contributed by atoms with Gasteiger partial charge in [0.05, 0.1) is 0 Å². The number of rotatable bonds is 0. The number of hydrogen-bond donors (Lipinski definition) is 0. The summed E-state index contributed by atoms with van der Waals surface area (Å²) in [5, 5.41) is 0. The van der Waals surface area contributed by atoms with E-state index in [1.165, 1.54) is 22.3 Å². The standard InChI is InChI=1S/C18H24O2/c1-9-5-13-14(6-10(9)2)18(20)16-8-12(4)11(3)7-15(16)17(13)19/h13-16H,5-8H2,1-4H3/t13-,14+,15-,16+. The summed E-state index contributed by atoms with van der Waals surface area (Å²) in [5.41, 5.74) is 5.30. The SMILES string of the molecule is CC1=C(C)C[C@H]2C(=O)[C@@H]3CC(C)=C(C)C[C@@H]3C(=O)[C@H]2C1. The molecule has 0 aromatic carbocycles. The van der Waals surface area contributed by atoms with Crippen LogP contribution in [0, 0.1) is 23.7 Å². The fourth-order valence-corrected chi connectivity index (χ4v) is 4.33. The quantitative estimate of drug-likeness (QED) is 0.627. The molecule has 0 unspecified atom stereocenters. The lowest BCUT2D eigenvalue weighted by molar-refractivity contribution is -0.148. The molecule has 0 radical (unpaired) electrons. The minimum absolute atomic E-state index is 0.0290. The van der Waals surface area contributed by atoms with Crippen molar-refractivity contribution in [3.05, 3.63) is 22.3 Å². The summed E-state index contributed by atoms with van der Waals surface area (Å²) in [7, 11) is 0. The van der Waals surface area contributed by atoms with Gasteiger partial charge < -0.3 is 0 Å². The van der Waals surface area contributed by atoms with Gasteiger partial charge in [-0.2, -0.15) is 0 Å². The molecule has 20 heavy (non-hydrogen) atoms. The van der Waals surface area contributed by atoms with Crippen LogP contribution in [0.1, 0.15) is 53.4 Å². The largest absolute Gasteiger partial charge is 0.299 e. The molecule has 1 saturated carbocycles. The van der Waals surface area contributed by atoms with Gasteiger partial charge >= 0.3 is 0 Å². The Morgan fingerprint density at radius 2 is 0.750 bits per heavy atom. The molecule has 4 atom stereocenters. The zero-order valence-corrected chi connectivity index (χ0v) is 13.0. The maximum atomic E-state index is 12.8. The van der Waals surface area contributed by atoms with Crippen molar-refractivity contribution in [2.24, 2.45) is 23.7 Å². The van der Waals surface area contributed by atoms with E-state index in [1.807, 2.05) is 0 Å². The molecule has 2 nitrogen and oxygen atoms in total. The summed E-state index contributed by atoms with van der Waals surface area (Å²) in [4.78, 5) is 25.7. The van der Waals surface area contributed by atoms with Gasteiger partial charge in [-0.15, -0.1) is 0 Å². The number of allylic oxidation sites excluding steroid dienone is 4. The Morgan fingerprint density at radius 1 is 0.550 bits per heavy atom. The van der Waals surface area contributed by atoms with Crippen molar-refractivity contribution in [1.29, 1.82) is 0 Å². The van der Waals surface area contributed by atoms with Crippen LogP contribution in [0.15, 0.2) is 22.3 Å². The van der Waals surface area contributed by atoms with Gasteiger partial charge in [-0.3, -0.25) is 9.59 Å². The zero-order valence-electron chi connectivity index (χ0n) is 13.0. The van der Waals surface area contributed by atoms with Crippen molar-refractivity contribution in [3.8, 4) is 0 Å². The Balaban J connectivity index is 1.97. The van der Waals surface area contributed by atoms with Gasteiger partial charge in [-0.25, -0.2) is 0 Å². The number of hydrogen-bond acceptors (Lipinski definition) is 2. The van der Waals surface area contributed by atoms with Crippen LogP contribution in [0.3, 0.4) is 0 Å². The van der Waals surface area contributed by atoms with E-state index in [9.17, 15) is 9.59 Å². The third-order valence-corrected chi connectivity index (χ3v) is 5.99. The van der Waals surface area contributed by atoms with E-state index in [4.69, 9.17) is 0 Å². The number of fused-ring (bicyclic) bond motifs is 2. The summed E-state index contributed by atoms with van der Waals surface area (Å²) in [6.45, 7) is 8.47. The van der Waals surface area contributed by atoms with Gasteiger partial charge in [0.1, 0.15) is 11.6 Å². The second-order valence-electron chi connectivity index (χ2n) is 7.17. The first kappa shape index (κ1) is 13.8. The molecule has 0 saturated heterocycles. The molecular weight excluding hydrogens is 248 g/mol. The van der Waals surface area contributed by atoms with Gasteiger partial charge in [-0.1, -0.05) is 22.3 Å². The highest BCUT2D eigenvalue weighted by Crippen LogP contribution is 2.48. The van der Waals surface area contributed by atoms with Gasteiger partial charge in [0, 0.05) is 23.7 Å². The van der Waals surface area contributed by atoms with Crippen LogP contribution in [-0.2, 0) is 9.59 Å². The Labute approximate surface area is 121 Å². The molecule has 2 heteroatoms. The fraction of sp³-hybridized carbons (Fsp3) is 0.667. The molecule has 0 spiro atoms. The fourth-order valence-electron chi connectivity index (χ4n) is 4.33. The molecular formula is C18H24O2. The summed E-state index contributed by atoms with van der Waals surface area (Å²) in [6, 6.07) is 0.